The quantitative estimate of drug-likeness (QED) is 0.840. The monoisotopic (exact) mass is 234 g/mol. The predicted molar refractivity (Wildman–Crippen MR) is 71.6 cm³/mol. The molecule has 1 saturated heterocycles. The van der Waals surface area contributed by atoms with E-state index in [-0.39, 0.29) is 0 Å². The van der Waals surface area contributed by atoms with Crippen LogP contribution in [-0.4, -0.2) is 24.7 Å². The Balaban J connectivity index is 2.21. The van der Waals surface area contributed by atoms with E-state index in [4.69, 9.17) is 0 Å². The fraction of sp³-hybridized carbons (Fsp3) is 0.571. The van der Waals surface area contributed by atoms with Gasteiger partial charge in [0.15, 0.2) is 0 Å². The molecule has 2 rings (SSSR count). The Hall–Kier alpha value is -1.22. The molecule has 17 heavy (non-hydrogen) atoms. The molecular formula is C14H22N2O. The van der Waals surface area contributed by atoms with Gasteiger partial charge in [-0.05, 0) is 39.3 Å². The summed E-state index contributed by atoms with van der Waals surface area (Å²) in [6.07, 6.45) is 2.32. The minimum absolute atomic E-state index is 0.334. The number of aromatic hydroxyl groups is 1. The molecule has 0 aromatic heterocycles. The molecule has 1 heterocycles. The van der Waals surface area contributed by atoms with Crippen molar-refractivity contribution < 1.29 is 5.11 Å². The topological polar surface area (TPSA) is 35.5 Å². The SMILES string of the molecule is CCN(CC)c1ccc([C@H]2CCCN2)c(O)c1. The van der Waals surface area contributed by atoms with Crippen molar-refractivity contribution in [3.8, 4) is 5.75 Å². The average molecular weight is 234 g/mol. The number of nitrogens with zero attached hydrogens (tertiary/aromatic N) is 1. The first-order valence-corrected chi connectivity index (χ1v) is 6.57. The molecule has 1 aromatic carbocycles. The summed E-state index contributed by atoms with van der Waals surface area (Å²) in [6, 6.07) is 6.40. The van der Waals surface area contributed by atoms with Gasteiger partial charge in [0.05, 0.1) is 0 Å². The summed E-state index contributed by atoms with van der Waals surface area (Å²) >= 11 is 0. The first-order chi connectivity index (χ1) is 8.26. The molecule has 1 aliphatic rings. The van der Waals surface area contributed by atoms with Gasteiger partial charge in [-0.3, -0.25) is 0 Å². The molecule has 0 amide bonds. The lowest BCUT2D eigenvalue weighted by atomic mass is 10.0. The van der Waals surface area contributed by atoms with E-state index in [2.05, 4.69) is 36.2 Å². The summed E-state index contributed by atoms with van der Waals surface area (Å²) in [7, 11) is 0. The maximum atomic E-state index is 10.1. The van der Waals surface area contributed by atoms with Crippen LogP contribution in [0.3, 0.4) is 0 Å². The van der Waals surface area contributed by atoms with Crippen LogP contribution < -0.4 is 10.2 Å². The molecule has 94 valence electrons. The Kier molecular flexibility index (Phi) is 3.89. The molecule has 3 nitrogen and oxygen atoms in total. The van der Waals surface area contributed by atoms with Crippen molar-refractivity contribution in [1.29, 1.82) is 0 Å². The van der Waals surface area contributed by atoms with Crippen molar-refractivity contribution >= 4 is 5.69 Å². The second kappa shape index (κ2) is 5.41. The number of rotatable bonds is 4. The Morgan fingerprint density at radius 2 is 2.12 bits per heavy atom. The lowest BCUT2D eigenvalue weighted by molar-refractivity contribution is 0.457. The van der Waals surface area contributed by atoms with Crippen molar-refractivity contribution in [3.63, 3.8) is 0 Å². The summed E-state index contributed by atoms with van der Waals surface area (Å²) < 4.78 is 0. The average Bonchev–Trinajstić information content (AvgIpc) is 2.84. The Bertz CT molecular complexity index is 368. The highest BCUT2D eigenvalue weighted by Gasteiger charge is 2.19. The zero-order chi connectivity index (χ0) is 12.3. The van der Waals surface area contributed by atoms with E-state index in [1.807, 2.05) is 6.07 Å². The molecule has 0 radical (unpaired) electrons. The van der Waals surface area contributed by atoms with Gasteiger partial charge < -0.3 is 15.3 Å². The van der Waals surface area contributed by atoms with Gasteiger partial charge in [-0.15, -0.1) is 0 Å². The van der Waals surface area contributed by atoms with Gasteiger partial charge in [-0.25, -0.2) is 0 Å². The van der Waals surface area contributed by atoms with Gasteiger partial charge in [-0.1, -0.05) is 6.07 Å². The Morgan fingerprint density at radius 3 is 2.65 bits per heavy atom. The number of phenolic OH excluding ortho intramolecular Hbond substituents is 1. The molecular weight excluding hydrogens is 212 g/mol. The number of anilines is 1. The van der Waals surface area contributed by atoms with E-state index >= 15 is 0 Å². The van der Waals surface area contributed by atoms with E-state index < -0.39 is 0 Å². The minimum Gasteiger partial charge on any atom is -0.508 e. The van der Waals surface area contributed by atoms with Crippen LogP contribution in [0.1, 0.15) is 38.3 Å². The first kappa shape index (κ1) is 12.2. The highest BCUT2D eigenvalue weighted by Crippen LogP contribution is 2.33. The van der Waals surface area contributed by atoms with Crippen molar-refractivity contribution in [2.75, 3.05) is 24.5 Å². The first-order valence-electron chi connectivity index (χ1n) is 6.57. The largest absolute Gasteiger partial charge is 0.508 e. The van der Waals surface area contributed by atoms with Crippen LogP contribution in [0.25, 0.3) is 0 Å². The zero-order valence-electron chi connectivity index (χ0n) is 10.7. The minimum atomic E-state index is 0.334. The third-order valence-corrected chi connectivity index (χ3v) is 3.58. The van der Waals surface area contributed by atoms with Crippen molar-refractivity contribution in [1.82, 2.24) is 5.32 Å². The normalized spacial score (nSPS) is 19.5. The third kappa shape index (κ3) is 2.55. The highest BCUT2D eigenvalue weighted by molar-refractivity contribution is 5.54. The lowest BCUT2D eigenvalue weighted by Gasteiger charge is -2.22. The molecule has 0 aliphatic carbocycles. The fourth-order valence-electron chi connectivity index (χ4n) is 2.56. The molecule has 0 spiro atoms. The molecule has 1 aliphatic heterocycles. The van der Waals surface area contributed by atoms with Gasteiger partial charge in [0, 0.05) is 36.4 Å². The summed E-state index contributed by atoms with van der Waals surface area (Å²) in [5.74, 6) is 0.425. The smallest absolute Gasteiger partial charge is 0.122 e. The van der Waals surface area contributed by atoms with Gasteiger partial charge in [0.1, 0.15) is 5.75 Å². The van der Waals surface area contributed by atoms with Gasteiger partial charge in [0.25, 0.3) is 0 Å². The summed E-state index contributed by atoms with van der Waals surface area (Å²) in [4.78, 5) is 2.24. The van der Waals surface area contributed by atoms with Crippen molar-refractivity contribution in [2.24, 2.45) is 0 Å². The molecule has 2 N–H and O–H groups in total. The number of phenols is 1. The van der Waals surface area contributed by atoms with Crippen LogP contribution in [-0.2, 0) is 0 Å². The van der Waals surface area contributed by atoms with Gasteiger partial charge in [-0.2, -0.15) is 0 Å². The zero-order valence-corrected chi connectivity index (χ0v) is 10.7. The summed E-state index contributed by atoms with van der Waals surface area (Å²) in [5.41, 5.74) is 2.15. The predicted octanol–water partition coefficient (Wildman–Crippen LogP) is 2.66. The fourth-order valence-corrected chi connectivity index (χ4v) is 2.56. The molecule has 1 fully saturated rings. The molecule has 0 saturated carbocycles. The van der Waals surface area contributed by atoms with E-state index in [0.29, 0.717) is 11.8 Å². The number of benzene rings is 1. The van der Waals surface area contributed by atoms with Crippen LogP contribution in [0.15, 0.2) is 18.2 Å². The van der Waals surface area contributed by atoms with E-state index in [1.165, 1.54) is 6.42 Å². The summed E-state index contributed by atoms with van der Waals surface area (Å²) in [6.45, 7) is 7.26. The van der Waals surface area contributed by atoms with E-state index in [0.717, 1.165) is 37.3 Å². The number of hydrogen-bond acceptors (Lipinski definition) is 3. The highest BCUT2D eigenvalue weighted by atomic mass is 16.3. The number of hydrogen-bond donors (Lipinski definition) is 2. The third-order valence-electron chi connectivity index (χ3n) is 3.58. The molecule has 0 unspecified atom stereocenters. The molecule has 1 atom stereocenters. The Labute approximate surface area is 103 Å². The maximum Gasteiger partial charge on any atom is 0.122 e. The van der Waals surface area contributed by atoms with E-state index in [9.17, 15) is 5.11 Å². The van der Waals surface area contributed by atoms with Crippen LogP contribution in [0.5, 0.6) is 5.75 Å². The maximum absolute atomic E-state index is 10.1. The summed E-state index contributed by atoms with van der Waals surface area (Å²) in [5, 5.41) is 13.5. The second-order valence-electron chi connectivity index (χ2n) is 4.56. The number of nitrogens with one attached hydrogen (secondary N) is 1. The van der Waals surface area contributed by atoms with Crippen LogP contribution in [0.4, 0.5) is 5.69 Å². The standard InChI is InChI=1S/C14H22N2O/c1-3-16(4-2)11-7-8-12(14(17)10-11)13-6-5-9-15-13/h7-8,10,13,15,17H,3-6,9H2,1-2H3/t13-/m1/s1. The second-order valence-corrected chi connectivity index (χ2v) is 4.56. The van der Waals surface area contributed by atoms with Gasteiger partial charge in [0.2, 0.25) is 0 Å². The van der Waals surface area contributed by atoms with Crippen molar-refractivity contribution in [2.45, 2.75) is 32.7 Å². The Morgan fingerprint density at radius 1 is 1.35 bits per heavy atom. The van der Waals surface area contributed by atoms with Crippen LogP contribution >= 0.6 is 0 Å². The molecule has 3 heteroatoms. The molecule has 1 aromatic rings. The van der Waals surface area contributed by atoms with Gasteiger partial charge >= 0.3 is 0 Å². The van der Waals surface area contributed by atoms with Crippen molar-refractivity contribution in [3.05, 3.63) is 23.8 Å². The molecule has 0 bridgehead atoms. The van der Waals surface area contributed by atoms with Crippen LogP contribution in [0.2, 0.25) is 0 Å². The lowest BCUT2D eigenvalue weighted by Crippen LogP contribution is -2.22. The van der Waals surface area contributed by atoms with Crippen LogP contribution in [0, 0.1) is 0 Å². The van der Waals surface area contributed by atoms with E-state index in [1.54, 1.807) is 0 Å².